The van der Waals surface area contributed by atoms with Gasteiger partial charge in [0.1, 0.15) is 10.6 Å². The second-order valence-corrected chi connectivity index (χ2v) is 7.94. The van der Waals surface area contributed by atoms with E-state index < -0.39 is 10.0 Å². The van der Waals surface area contributed by atoms with E-state index in [0.29, 0.717) is 25.4 Å². The lowest BCUT2D eigenvalue weighted by molar-refractivity contribution is 0.219. The molecule has 0 bridgehead atoms. The number of hydrogen-bond donors (Lipinski definition) is 1. The molecule has 5 nitrogen and oxygen atoms in total. The summed E-state index contributed by atoms with van der Waals surface area (Å²) in [6, 6.07) is 4.91. The first-order chi connectivity index (χ1) is 9.87. The molecule has 1 aliphatic heterocycles. The molecule has 0 aromatic heterocycles. The van der Waals surface area contributed by atoms with E-state index in [1.54, 1.807) is 22.5 Å². The normalized spacial score (nSPS) is 24.0. The number of nitrogens with zero attached hydrogens (tertiary/aromatic N) is 1. The maximum Gasteiger partial charge on any atom is 0.247 e. The fourth-order valence-corrected chi connectivity index (χ4v) is 5.15. The first kappa shape index (κ1) is 16.7. The van der Waals surface area contributed by atoms with Crippen LogP contribution in [0.1, 0.15) is 20.8 Å². The van der Waals surface area contributed by atoms with Crippen molar-refractivity contribution in [1.29, 1.82) is 0 Å². The Kier molecular flexibility index (Phi) is 5.29. The number of nitrogens with one attached hydrogen (secondary N) is 1. The van der Waals surface area contributed by atoms with Gasteiger partial charge in [0, 0.05) is 29.6 Å². The molecule has 0 amide bonds. The minimum absolute atomic E-state index is 0.0905. The fourth-order valence-electron chi connectivity index (χ4n) is 2.66. The third kappa shape index (κ3) is 3.41. The number of ether oxygens (including phenoxy) is 1. The van der Waals surface area contributed by atoms with E-state index in [9.17, 15) is 8.42 Å². The summed E-state index contributed by atoms with van der Waals surface area (Å²) < 4.78 is 33.9. The number of hydrogen-bond acceptors (Lipinski definition) is 4. The van der Waals surface area contributed by atoms with Crippen LogP contribution in [0.4, 0.5) is 0 Å². The van der Waals surface area contributed by atoms with Crippen LogP contribution in [-0.2, 0) is 10.0 Å². The lowest BCUT2D eigenvalue weighted by Crippen LogP contribution is -2.57. The second-order valence-electron chi connectivity index (χ2n) is 5.22. The summed E-state index contributed by atoms with van der Waals surface area (Å²) in [6.07, 6.45) is 0. The number of rotatable bonds is 4. The molecule has 1 saturated heterocycles. The molecule has 1 fully saturated rings. The van der Waals surface area contributed by atoms with Crippen molar-refractivity contribution in [3.05, 3.63) is 22.7 Å². The van der Waals surface area contributed by atoms with Crippen LogP contribution in [0.3, 0.4) is 0 Å². The van der Waals surface area contributed by atoms with E-state index in [0.717, 1.165) is 4.47 Å². The van der Waals surface area contributed by atoms with Gasteiger partial charge in [0.2, 0.25) is 10.0 Å². The average Bonchev–Trinajstić information content (AvgIpc) is 2.40. The Morgan fingerprint density at radius 3 is 2.52 bits per heavy atom. The van der Waals surface area contributed by atoms with E-state index in [4.69, 9.17) is 4.74 Å². The highest BCUT2D eigenvalue weighted by Gasteiger charge is 2.37. The quantitative estimate of drug-likeness (QED) is 0.874. The number of sulfonamides is 1. The first-order valence-electron chi connectivity index (χ1n) is 7.04. The summed E-state index contributed by atoms with van der Waals surface area (Å²) in [6.45, 7) is 7.41. The van der Waals surface area contributed by atoms with E-state index in [1.807, 2.05) is 20.8 Å². The van der Waals surface area contributed by atoms with Gasteiger partial charge in [-0.05, 0) is 39.0 Å². The van der Waals surface area contributed by atoms with Crippen LogP contribution in [0, 0.1) is 0 Å². The molecule has 0 aliphatic carbocycles. The average molecular weight is 377 g/mol. The minimum Gasteiger partial charge on any atom is -0.492 e. The number of halogens is 1. The highest BCUT2D eigenvalue weighted by molar-refractivity contribution is 9.10. The maximum atomic E-state index is 13.1. The molecule has 1 aromatic rings. The highest BCUT2D eigenvalue weighted by atomic mass is 79.9. The lowest BCUT2D eigenvalue weighted by atomic mass is 10.2. The Labute approximate surface area is 134 Å². The van der Waals surface area contributed by atoms with Crippen LogP contribution in [0.5, 0.6) is 5.75 Å². The van der Waals surface area contributed by atoms with Crippen molar-refractivity contribution < 1.29 is 13.2 Å². The van der Waals surface area contributed by atoms with Crippen LogP contribution in [0.2, 0.25) is 0 Å². The molecular weight excluding hydrogens is 356 g/mol. The minimum atomic E-state index is -3.60. The molecular formula is C14H21BrN2O3S. The fraction of sp³-hybridized carbons (Fsp3) is 0.571. The van der Waals surface area contributed by atoms with Crippen molar-refractivity contribution in [3.63, 3.8) is 0 Å². The summed E-state index contributed by atoms with van der Waals surface area (Å²) in [5.41, 5.74) is 0. The molecule has 0 spiro atoms. The molecule has 2 atom stereocenters. The molecule has 118 valence electrons. The smallest absolute Gasteiger partial charge is 0.247 e. The van der Waals surface area contributed by atoms with Crippen molar-refractivity contribution >= 4 is 26.0 Å². The van der Waals surface area contributed by atoms with Gasteiger partial charge in [-0.1, -0.05) is 15.9 Å². The number of piperazine rings is 1. The maximum absolute atomic E-state index is 13.1. The van der Waals surface area contributed by atoms with E-state index >= 15 is 0 Å². The van der Waals surface area contributed by atoms with Gasteiger partial charge in [-0.15, -0.1) is 0 Å². The van der Waals surface area contributed by atoms with Gasteiger partial charge in [0.25, 0.3) is 0 Å². The van der Waals surface area contributed by atoms with Crippen LogP contribution in [0.15, 0.2) is 27.6 Å². The first-order valence-corrected chi connectivity index (χ1v) is 9.27. The van der Waals surface area contributed by atoms with Gasteiger partial charge < -0.3 is 10.1 Å². The predicted molar refractivity (Wildman–Crippen MR) is 86.1 cm³/mol. The Hall–Kier alpha value is -0.630. The largest absolute Gasteiger partial charge is 0.492 e. The van der Waals surface area contributed by atoms with Crippen molar-refractivity contribution in [2.75, 3.05) is 19.7 Å². The molecule has 0 saturated carbocycles. The zero-order valence-corrected chi connectivity index (χ0v) is 14.9. The van der Waals surface area contributed by atoms with Gasteiger partial charge in [-0.3, -0.25) is 0 Å². The molecule has 0 radical (unpaired) electrons. The van der Waals surface area contributed by atoms with Crippen molar-refractivity contribution in [2.45, 2.75) is 37.8 Å². The van der Waals surface area contributed by atoms with Crippen LogP contribution in [0.25, 0.3) is 0 Å². The van der Waals surface area contributed by atoms with Crippen molar-refractivity contribution in [1.82, 2.24) is 9.62 Å². The molecule has 2 unspecified atom stereocenters. The highest BCUT2D eigenvalue weighted by Crippen LogP contribution is 2.32. The van der Waals surface area contributed by atoms with Crippen LogP contribution >= 0.6 is 15.9 Å². The SMILES string of the molecule is CCOc1ccc(Br)cc1S(=O)(=O)N1C(C)CNCC1C. The van der Waals surface area contributed by atoms with Gasteiger partial charge >= 0.3 is 0 Å². The third-order valence-electron chi connectivity index (χ3n) is 3.51. The molecule has 2 rings (SSSR count). The topological polar surface area (TPSA) is 58.6 Å². The summed E-state index contributed by atoms with van der Waals surface area (Å²) >= 11 is 3.34. The van der Waals surface area contributed by atoms with Crippen LogP contribution in [-0.4, -0.2) is 44.5 Å². The third-order valence-corrected chi connectivity index (χ3v) is 6.15. The van der Waals surface area contributed by atoms with E-state index in [1.165, 1.54) is 0 Å². The summed E-state index contributed by atoms with van der Waals surface area (Å²) in [4.78, 5) is 0.222. The summed E-state index contributed by atoms with van der Waals surface area (Å²) in [7, 11) is -3.60. The van der Waals surface area contributed by atoms with Gasteiger partial charge in [-0.25, -0.2) is 8.42 Å². The molecule has 1 aliphatic rings. The summed E-state index contributed by atoms with van der Waals surface area (Å²) in [5.74, 6) is 0.402. The second kappa shape index (κ2) is 6.64. The zero-order chi connectivity index (χ0) is 15.6. The number of benzene rings is 1. The monoisotopic (exact) mass is 376 g/mol. The Balaban J connectivity index is 2.50. The molecule has 7 heteroatoms. The molecule has 1 N–H and O–H groups in total. The molecule has 1 aromatic carbocycles. The van der Waals surface area contributed by atoms with Gasteiger partial charge in [0.15, 0.2) is 0 Å². The molecule has 1 heterocycles. The Bertz CT molecular complexity index is 596. The summed E-state index contributed by atoms with van der Waals surface area (Å²) in [5, 5.41) is 3.24. The Morgan fingerprint density at radius 1 is 1.33 bits per heavy atom. The van der Waals surface area contributed by atoms with Crippen molar-refractivity contribution in [2.24, 2.45) is 0 Å². The van der Waals surface area contributed by atoms with Gasteiger partial charge in [-0.2, -0.15) is 4.31 Å². The van der Waals surface area contributed by atoms with E-state index in [2.05, 4.69) is 21.2 Å². The Morgan fingerprint density at radius 2 is 1.95 bits per heavy atom. The predicted octanol–water partition coefficient (Wildman–Crippen LogP) is 2.22. The van der Waals surface area contributed by atoms with Crippen molar-refractivity contribution in [3.8, 4) is 5.75 Å². The standard InChI is InChI=1S/C14H21BrN2O3S/c1-4-20-13-6-5-12(15)7-14(13)21(18,19)17-10(2)8-16-9-11(17)3/h5-7,10-11,16H,4,8-9H2,1-3H3. The lowest BCUT2D eigenvalue weighted by Gasteiger charge is -2.38. The zero-order valence-electron chi connectivity index (χ0n) is 12.5. The van der Waals surface area contributed by atoms with Gasteiger partial charge in [0.05, 0.1) is 6.61 Å². The van der Waals surface area contributed by atoms with E-state index in [-0.39, 0.29) is 17.0 Å². The van der Waals surface area contributed by atoms with Crippen LogP contribution < -0.4 is 10.1 Å². The molecule has 21 heavy (non-hydrogen) atoms.